The molecule has 9 aromatic carbocycles. The van der Waals surface area contributed by atoms with Gasteiger partial charge in [0.05, 0.1) is 16.4 Å². The van der Waals surface area contributed by atoms with Crippen molar-refractivity contribution in [3.8, 4) is 61.6 Å². The smallest absolute Gasteiger partial charge is 0.145 e. The molecule has 0 radical (unpaired) electrons. The minimum atomic E-state index is -0.559. The summed E-state index contributed by atoms with van der Waals surface area (Å²) in [6.45, 7) is 0. The summed E-state index contributed by atoms with van der Waals surface area (Å²) in [5, 5.41) is 2.55. The van der Waals surface area contributed by atoms with Gasteiger partial charge in [0.15, 0.2) is 0 Å². The van der Waals surface area contributed by atoms with Crippen molar-refractivity contribution < 1.29 is 0 Å². The first-order valence-corrected chi connectivity index (χ1v) is 19.4. The molecule has 10 aromatic rings. The zero-order chi connectivity index (χ0) is 36.8. The predicted molar refractivity (Wildman–Crippen MR) is 231 cm³/mol. The summed E-state index contributed by atoms with van der Waals surface area (Å²) in [7, 11) is 0. The van der Waals surface area contributed by atoms with Crippen molar-refractivity contribution in [1.29, 1.82) is 0 Å². The van der Waals surface area contributed by atoms with Gasteiger partial charge in [0.2, 0.25) is 0 Å². The molecule has 1 spiro atoms. The first-order valence-electron chi connectivity index (χ1n) is 19.4. The lowest BCUT2D eigenvalue weighted by molar-refractivity contribution is 0.776. The lowest BCUT2D eigenvalue weighted by atomic mass is 9.65. The Balaban J connectivity index is 1.16. The lowest BCUT2D eigenvalue weighted by Gasteiger charge is -2.35. The standard InChI is InChI=1S/C54H34N2/c1-3-16-36(17-4-1)53-55-50-34-38(29-32-51(50)56(53)39-18-5-2-6-19-39)37-27-30-44-42-22-10-9-21-41(42)43-23-11-13-25-46(43)54(49(44)33-37)47-26-14-12-24-45(47)52-40-20-8-7-15-35(40)28-31-48(52)54/h1-34H. The van der Waals surface area contributed by atoms with Crippen LogP contribution in [0.1, 0.15) is 22.3 Å². The highest BCUT2D eigenvalue weighted by molar-refractivity contribution is 6.06. The Morgan fingerprint density at radius 3 is 1.75 bits per heavy atom. The maximum Gasteiger partial charge on any atom is 0.145 e. The summed E-state index contributed by atoms with van der Waals surface area (Å²) in [6, 6.07) is 75.9. The van der Waals surface area contributed by atoms with Crippen LogP contribution >= 0.6 is 0 Å². The molecule has 2 aliphatic carbocycles. The van der Waals surface area contributed by atoms with Crippen LogP contribution in [-0.4, -0.2) is 9.55 Å². The molecule has 2 nitrogen and oxygen atoms in total. The summed E-state index contributed by atoms with van der Waals surface area (Å²) in [6.07, 6.45) is 0. The third-order valence-corrected chi connectivity index (χ3v) is 12.2. The number of imidazole rings is 1. The molecule has 0 fully saturated rings. The topological polar surface area (TPSA) is 17.8 Å². The molecule has 2 heteroatoms. The van der Waals surface area contributed by atoms with E-state index in [2.05, 4.69) is 211 Å². The second kappa shape index (κ2) is 11.9. The highest BCUT2D eigenvalue weighted by atomic mass is 15.1. The van der Waals surface area contributed by atoms with Gasteiger partial charge in [-0.05, 0) is 108 Å². The maximum atomic E-state index is 5.33. The number of aromatic nitrogens is 2. The average molecular weight is 711 g/mol. The van der Waals surface area contributed by atoms with Crippen LogP contribution in [0.5, 0.6) is 0 Å². The molecular weight excluding hydrogens is 677 g/mol. The molecule has 0 bridgehead atoms. The molecule has 0 aliphatic heterocycles. The highest BCUT2D eigenvalue weighted by Gasteiger charge is 2.50. The monoisotopic (exact) mass is 710 g/mol. The van der Waals surface area contributed by atoms with E-state index in [-0.39, 0.29) is 0 Å². The summed E-state index contributed by atoms with van der Waals surface area (Å²) >= 11 is 0. The van der Waals surface area contributed by atoms with Crippen LogP contribution in [0.3, 0.4) is 0 Å². The van der Waals surface area contributed by atoms with Gasteiger partial charge in [-0.3, -0.25) is 4.57 Å². The van der Waals surface area contributed by atoms with Gasteiger partial charge < -0.3 is 0 Å². The fraction of sp³-hybridized carbons (Fsp3) is 0.0185. The maximum absolute atomic E-state index is 5.33. The van der Waals surface area contributed by atoms with Crippen LogP contribution in [0.2, 0.25) is 0 Å². The van der Waals surface area contributed by atoms with Gasteiger partial charge in [-0.1, -0.05) is 176 Å². The van der Waals surface area contributed by atoms with E-state index in [1.165, 1.54) is 72.0 Å². The van der Waals surface area contributed by atoms with E-state index in [1.807, 2.05) is 0 Å². The molecule has 12 rings (SSSR count). The van der Waals surface area contributed by atoms with Crippen LogP contribution in [0, 0.1) is 0 Å². The van der Waals surface area contributed by atoms with Gasteiger partial charge in [-0.15, -0.1) is 0 Å². The lowest BCUT2D eigenvalue weighted by Crippen LogP contribution is -2.29. The van der Waals surface area contributed by atoms with Crippen LogP contribution < -0.4 is 0 Å². The third kappa shape index (κ3) is 4.24. The van der Waals surface area contributed by atoms with E-state index in [0.717, 1.165) is 33.7 Å². The molecule has 2 aliphatic rings. The van der Waals surface area contributed by atoms with Crippen LogP contribution in [0.4, 0.5) is 0 Å². The Kier molecular flexibility index (Phi) is 6.58. The van der Waals surface area contributed by atoms with E-state index in [4.69, 9.17) is 4.98 Å². The molecule has 1 atom stereocenters. The Bertz CT molecular complexity index is 3190. The van der Waals surface area contributed by atoms with Crippen LogP contribution in [0.15, 0.2) is 206 Å². The van der Waals surface area contributed by atoms with Gasteiger partial charge in [-0.2, -0.15) is 0 Å². The van der Waals surface area contributed by atoms with Crippen molar-refractivity contribution in [2.45, 2.75) is 5.41 Å². The molecule has 56 heavy (non-hydrogen) atoms. The molecule has 260 valence electrons. The molecular formula is C54H34N2. The Morgan fingerprint density at radius 2 is 0.964 bits per heavy atom. The van der Waals surface area contributed by atoms with Crippen molar-refractivity contribution in [3.05, 3.63) is 229 Å². The molecule has 0 amide bonds. The van der Waals surface area contributed by atoms with E-state index in [0.29, 0.717) is 0 Å². The van der Waals surface area contributed by atoms with Crippen molar-refractivity contribution in [3.63, 3.8) is 0 Å². The van der Waals surface area contributed by atoms with Gasteiger partial charge in [-0.25, -0.2) is 4.98 Å². The Labute approximate surface area is 325 Å². The number of rotatable bonds is 3. The van der Waals surface area contributed by atoms with Gasteiger partial charge in [0, 0.05) is 11.3 Å². The fourth-order valence-corrected chi connectivity index (χ4v) is 9.92. The highest BCUT2D eigenvalue weighted by Crippen LogP contribution is 2.62. The zero-order valence-electron chi connectivity index (χ0n) is 30.5. The summed E-state index contributed by atoms with van der Waals surface area (Å²) in [4.78, 5) is 5.33. The SMILES string of the molecule is c1ccc(-c2nc3cc(-c4ccc5c(c4)C4(c6ccccc6-c6ccccc6-5)c5ccccc5-c5c4ccc4ccccc54)ccc3n2-c2ccccc2)cc1. The Hall–Kier alpha value is -7.29. The van der Waals surface area contributed by atoms with Crippen LogP contribution in [-0.2, 0) is 5.41 Å². The predicted octanol–water partition coefficient (Wildman–Crippen LogP) is 13.5. The Morgan fingerprint density at radius 1 is 0.375 bits per heavy atom. The number of nitrogens with zero attached hydrogens (tertiary/aromatic N) is 2. The van der Waals surface area contributed by atoms with Gasteiger partial charge in [0.1, 0.15) is 5.82 Å². The van der Waals surface area contributed by atoms with Crippen molar-refractivity contribution in [2.75, 3.05) is 0 Å². The van der Waals surface area contributed by atoms with E-state index < -0.39 is 5.41 Å². The minimum Gasteiger partial charge on any atom is -0.292 e. The molecule has 0 saturated heterocycles. The van der Waals surface area contributed by atoms with Gasteiger partial charge in [0.25, 0.3) is 0 Å². The number of fused-ring (bicyclic) bond motifs is 15. The fourth-order valence-electron chi connectivity index (χ4n) is 9.92. The first kappa shape index (κ1) is 31.1. The molecule has 0 N–H and O–H groups in total. The normalized spacial score (nSPS) is 14.9. The second-order valence-corrected chi connectivity index (χ2v) is 15.0. The zero-order valence-corrected chi connectivity index (χ0v) is 30.5. The van der Waals surface area contributed by atoms with E-state index in [1.54, 1.807) is 0 Å². The number of para-hydroxylation sites is 1. The number of hydrogen-bond acceptors (Lipinski definition) is 1. The second-order valence-electron chi connectivity index (χ2n) is 15.0. The quantitative estimate of drug-likeness (QED) is 0.178. The summed E-state index contributed by atoms with van der Waals surface area (Å²) < 4.78 is 2.28. The van der Waals surface area contributed by atoms with E-state index in [9.17, 15) is 0 Å². The van der Waals surface area contributed by atoms with Crippen molar-refractivity contribution in [1.82, 2.24) is 9.55 Å². The molecule has 1 aromatic heterocycles. The van der Waals surface area contributed by atoms with Crippen molar-refractivity contribution in [2.24, 2.45) is 0 Å². The molecule has 1 unspecified atom stereocenters. The minimum absolute atomic E-state index is 0.559. The van der Waals surface area contributed by atoms with Crippen LogP contribution in [0.25, 0.3) is 83.4 Å². The molecule has 1 heterocycles. The first-order chi connectivity index (χ1) is 27.8. The number of benzene rings is 9. The van der Waals surface area contributed by atoms with Gasteiger partial charge >= 0.3 is 0 Å². The summed E-state index contributed by atoms with van der Waals surface area (Å²) in [5.74, 6) is 0.935. The average Bonchev–Trinajstić information content (AvgIpc) is 3.78. The summed E-state index contributed by atoms with van der Waals surface area (Å²) in [5.41, 5.74) is 19.0. The van der Waals surface area contributed by atoms with Crippen molar-refractivity contribution >= 4 is 21.8 Å². The molecule has 0 saturated carbocycles. The van der Waals surface area contributed by atoms with E-state index >= 15 is 0 Å². The number of hydrogen-bond donors (Lipinski definition) is 0. The third-order valence-electron chi connectivity index (χ3n) is 12.2. The largest absolute Gasteiger partial charge is 0.292 e.